The summed E-state index contributed by atoms with van der Waals surface area (Å²) in [6.45, 7) is 0. The summed E-state index contributed by atoms with van der Waals surface area (Å²) in [5.74, 6) is -0.314. The van der Waals surface area contributed by atoms with Crippen molar-refractivity contribution in [2.45, 2.75) is 25.0 Å². The van der Waals surface area contributed by atoms with Crippen LogP contribution in [0, 0.1) is 11.6 Å². The Labute approximate surface area is 216 Å². The third-order valence-corrected chi connectivity index (χ3v) is 6.31. The van der Waals surface area contributed by atoms with Gasteiger partial charge >= 0.3 is 0 Å². The van der Waals surface area contributed by atoms with Crippen LogP contribution in [0.1, 0.15) is 56.9 Å². The highest BCUT2D eigenvalue weighted by molar-refractivity contribution is 6.01. The number of hydrogen-bond acceptors (Lipinski definition) is 6. The molecule has 38 heavy (non-hydrogen) atoms. The van der Waals surface area contributed by atoms with E-state index in [1.807, 2.05) is 0 Å². The molecule has 4 aromatic carbocycles. The van der Waals surface area contributed by atoms with Crippen molar-refractivity contribution in [1.29, 1.82) is 0 Å². The molecule has 6 nitrogen and oxygen atoms in total. The summed E-state index contributed by atoms with van der Waals surface area (Å²) in [6, 6.07) is 21.2. The van der Waals surface area contributed by atoms with Gasteiger partial charge in [-0.1, -0.05) is 36.4 Å². The second-order valence-electron chi connectivity index (χ2n) is 8.87. The van der Waals surface area contributed by atoms with Crippen molar-refractivity contribution in [1.82, 2.24) is 0 Å². The number of benzene rings is 4. The van der Waals surface area contributed by atoms with E-state index in [-0.39, 0.29) is 47.5 Å². The lowest BCUT2D eigenvalue weighted by molar-refractivity contribution is 0.0835. The van der Waals surface area contributed by atoms with Gasteiger partial charge in [0, 0.05) is 11.1 Å². The van der Waals surface area contributed by atoms with Crippen LogP contribution in [0.5, 0.6) is 23.0 Å². The summed E-state index contributed by atoms with van der Waals surface area (Å²) < 4.78 is 38.7. The number of phenols is 2. The SMILES string of the molecule is O=C1CC(c2ccccc2F)Oc2ccc(O)cc21.O=C1CC(c2ccccc2F)Oc2ccc(O)cc21. The molecule has 0 aliphatic carbocycles. The molecule has 0 amide bonds. The van der Waals surface area contributed by atoms with Gasteiger partial charge in [-0.25, -0.2) is 8.78 Å². The maximum atomic E-state index is 13.7. The summed E-state index contributed by atoms with van der Waals surface area (Å²) in [5.41, 5.74) is 1.42. The summed E-state index contributed by atoms with van der Waals surface area (Å²) in [7, 11) is 0. The van der Waals surface area contributed by atoms with Crippen LogP contribution in [0.15, 0.2) is 84.9 Å². The molecule has 0 saturated carbocycles. The molecule has 0 saturated heterocycles. The first kappa shape index (κ1) is 25.0. The zero-order valence-corrected chi connectivity index (χ0v) is 19.9. The molecule has 2 N–H and O–H groups in total. The fraction of sp³-hybridized carbons (Fsp3) is 0.133. The average Bonchev–Trinajstić information content (AvgIpc) is 2.90. The Morgan fingerprint density at radius 3 is 1.39 bits per heavy atom. The van der Waals surface area contributed by atoms with Crippen molar-refractivity contribution in [2.24, 2.45) is 0 Å². The van der Waals surface area contributed by atoms with Gasteiger partial charge in [-0.05, 0) is 48.5 Å². The van der Waals surface area contributed by atoms with Gasteiger partial charge in [-0.15, -0.1) is 0 Å². The van der Waals surface area contributed by atoms with Crippen molar-refractivity contribution in [3.63, 3.8) is 0 Å². The molecule has 192 valence electrons. The molecule has 6 rings (SSSR count). The fourth-order valence-electron chi connectivity index (χ4n) is 4.44. The van der Waals surface area contributed by atoms with Crippen molar-refractivity contribution in [3.05, 3.63) is 119 Å². The van der Waals surface area contributed by atoms with Gasteiger partial charge in [0.1, 0.15) is 46.8 Å². The molecule has 2 atom stereocenters. The summed E-state index contributed by atoms with van der Waals surface area (Å²) >= 11 is 0. The highest BCUT2D eigenvalue weighted by atomic mass is 19.1. The fourth-order valence-corrected chi connectivity index (χ4v) is 4.44. The second kappa shape index (κ2) is 10.3. The second-order valence-corrected chi connectivity index (χ2v) is 8.87. The number of hydrogen-bond donors (Lipinski definition) is 2. The van der Waals surface area contributed by atoms with E-state index in [0.29, 0.717) is 33.8 Å². The summed E-state index contributed by atoms with van der Waals surface area (Å²) in [5, 5.41) is 18.7. The molecular formula is C30H22F2O6. The molecular weight excluding hydrogens is 494 g/mol. The predicted molar refractivity (Wildman–Crippen MR) is 134 cm³/mol. The minimum Gasteiger partial charge on any atom is -0.508 e. The van der Waals surface area contributed by atoms with Gasteiger partial charge in [0.2, 0.25) is 0 Å². The zero-order chi connectivity index (χ0) is 26.8. The normalized spacial score (nSPS) is 17.7. The van der Waals surface area contributed by atoms with Crippen molar-refractivity contribution in [3.8, 4) is 23.0 Å². The quantitative estimate of drug-likeness (QED) is 0.317. The van der Waals surface area contributed by atoms with Crippen LogP contribution in [0.3, 0.4) is 0 Å². The summed E-state index contributed by atoms with van der Waals surface area (Å²) in [4.78, 5) is 24.0. The van der Waals surface area contributed by atoms with E-state index in [1.165, 1.54) is 48.5 Å². The Bertz CT molecular complexity index is 1420. The molecule has 2 unspecified atom stereocenters. The summed E-state index contributed by atoms with van der Waals surface area (Å²) in [6.07, 6.45) is -1.11. The van der Waals surface area contributed by atoms with Crippen LogP contribution < -0.4 is 9.47 Å². The Kier molecular flexibility index (Phi) is 6.79. The minimum atomic E-state index is -0.620. The van der Waals surface area contributed by atoms with Crippen LogP contribution in [-0.2, 0) is 0 Å². The molecule has 0 fully saturated rings. The Morgan fingerprint density at radius 1 is 0.605 bits per heavy atom. The number of aromatic hydroxyl groups is 2. The van der Waals surface area contributed by atoms with Crippen LogP contribution in [0.25, 0.3) is 0 Å². The average molecular weight is 516 g/mol. The van der Waals surface area contributed by atoms with E-state index >= 15 is 0 Å². The Balaban J connectivity index is 0.000000155. The van der Waals surface area contributed by atoms with Gasteiger partial charge in [0.25, 0.3) is 0 Å². The van der Waals surface area contributed by atoms with E-state index < -0.39 is 12.2 Å². The van der Waals surface area contributed by atoms with Gasteiger partial charge in [0.15, 0.2) is 11.6 Å². The van der Waals surface area contributed by atoms with E-state index in [9.17, 15) is 28.6 Å². The lowest BCUT2D eigenvalue weighted by atomic mass is 9.96. The predicted octanol–water partition coefficient (Wildman–Crippen LogP) is 6.48. The van der Waals surface area contributed by atoms with Crippen molar-refractivity contribution >= 4 is 11.6 Å². The van der Waals surface area contributed by atoms with Crippen LogP contribution in [0.2, 0.25) is 0 Å². The number of ether oxygens (including phenoxy) is 2. The largest absolute Gasteiger partial charge is 0.508 e. The van der Waals surface area contributed by atoms with Gasteiger partial charge in [0.05, 0.1) is 24.0 Å². The Hall–Kier alpha value is -4.72. The van der Waals surface area contributed by atoms with E-state index in [1.54, 1.807) is 36.4 Å². The Morgan fingerprint density at radius 2 is 1.00 bits per heavy atom. The maximum Gasteiger partial charge on any atom is 0.170 e. The lowest BCUT2D eigenvalue weighted by Crippen LogP contribution is -2.21. The first-order valence-electron chi connectivity index (χ1n) is 11.8. The molecule has 2 heterocycles. The number of rotatable bonds is 2. The van der Waals surface area contributed by atoms with Crippen molar-refractivity contribution < 1.29 is 38.1 Å². The zero-order valence-electron chi connectivity index (χ0n) is 19.9. The molecule has 0 spiro atoms. The number of fused-ring (bicyclic) bond motifs is 2. The van der Waals surface area contributed by atoms with E-state index in [4.69, 9.17) is 9.47 Å². The monoisotopic (exact) mass is 516 g/mol. The molecule has 8 heteroatoms. The lowest BCUT2D eigenvalue weighted by Gasteiger charge is -2.25. The minimum absolute atomic E-state index is 0.0139. The molecule has 2 aliphatic heterocycles. The van der Waals surface area contributed by atoms with Crippen molar-refractivity contribution in [2.75, 3.05) is 0 Å². The van der Waals surface area contributed by atoms with E-state index in [0.717, 1.165) is 0 Å². The number of phenolic OH excluding ortho intramolecular Hbond substituents is 2. The standard InChI is InChI=1S/2C15H11FO3/c2*16-12-4-2-1-3-10(12)15-8-13(18)11-7-9(17)5-6-14(11)19-15/h2*1-7,15,17H,8H2. The number of Topliss-reactive ketones (excluding diaryl/α,β-unsaturated/α-hetero) is 2. The number of halogens is 2. The highest BCUT2D eigenvalue weighted by Gasteiger charge is 2.30. The number of carbonyl (C=O) groups excluding carboxylic acids is 2. The van der Waals surface area contributed by atoms with Gasteiger partial charge in [-0.3, -0.25) is 9.59 Å². The first-order chi connectivity index (χ1) is 18.3. The van der Waals surface area contributed by atoms with Crippen LogP contribution in [0.4, 0.5) is 8.78 Å². The third-order valence-electron chi connectivity index (χ3n) is 6.31. The molecule has 0 radical (unpaired) electrons. The smallest absolute Gasteiger partial charge is 0.170 e. The third kappa shape index (κ3) is 5.06. The number of ketones is 2. The van der Waals surface area contributed by atoms with Gasteiger partial charge in [-0.2, -0.15) is 0 Å². The molecule has 0 bridgehead atoms. The molecule has 4 aromatic rings. The van der Waals surface area contributed by atoms with E-state index in [2.05, 4.69) is 0 Å². The topological polar surface area (TPSA) is 93.1 Å². The van der Waals surface area contributed by atoms with Gasteiger partial charge < -0.3 is 19.7 Å². The molecule has 0 aromatic heterocycles. The van der Waals surface area contributed by atoms with Crippen LogP contribution >= 0.6 is 0 Å². The number of carbonyl (C=O) groups is 2. The maximum absolute atomic E-state index is 13.7. The molecule has 2 aliphatic rings. The first-order valence-corrected chi connectivity index (χ1v) is 11.8. The highest BCUT2D eigenvalue weighted by Crippen LogP contribution is 2.38. The van der Waals surface area contributed by atoms with Crippen LogP contribution in [-0.4, -0.2) is 21.8 Å².